The van der Waals surface area contributed by atoms with Crippen molar-refractivity contribution in [2.24, 2.45) is 0 Å². The lowest BCUT2D eigenvalue weighted by atomic mass is 9.91. The Hall–Kier alpha value is -1.82. The predicted molar refractivity (Wildman–Crippen MR) is 75.0 cm³/mol. The molecular weight excluding hydrogens is 204 g/mol. The molecule has 2 aromatic rings. The van der Waals surface area contributed by atoms with E-state index in [9.17, 15) is 0 Å². The molecule has 0 fully saturated rings. The molecule has 17 heavy (non-hydrogen) atoms. The van der Waals surface area contributed by atoms with E-state index in [0.29, 0.717) is 0 Å². The molecule has 0 aromatic heterocycles. The first-order valence-electron chi connectivity index (χ1n) is 6.21. The average molecular weight is 220 g/mol. The normalized spacial score (nSPS) is 15.0. The van der Waals surface area contributed by atoms with Crippen LogP contribution in [-0.4, -0.2) is 0 Å². The number of benzene rings is 2. The van der Waals surface area contributed by atoms with E-state index in [1.807, 2.05) is 0 Å². The van der Waals surface area contributed by atoms with Crippen LogP contribution in [0.2, 0.25) is 0 Å². The first-order valence-corrected chi connectivity index (χ1v) is 6.21. The van der Waals surface area contributed by atoms with Crippen molar-refractivity contribution in [3.05, 3.63) is 65.8 Å². The first kappa shape index (κ1) is 10.3. The molecule has 0 radical (unpaired) electrons. The summed E-state index contributed by atoms with van der Waals surface area (Å²) in [5.41, 5.74) is 4.24. The Bertz CT molecular complexity index is 610. The van der Waals surface area contributed by atoms with Crippen molar-refractivity contribution >= 4 is 16.3 Å². The van der Waals surface area contributed by atoms with Gasteiger partial charge in [-0.2, -0.15) is 0 Å². The van der Waals surface area contributed by atoms with Crippen molar-refractivity contribution in [2.75, 3.05) is 0 Å². The van der Waals surface area contributed by atoms with Gasteiger partial charge in [-0.25, -0.2) is 0 Å². The molecule has 0 unspecified atom stereocenters. The Labute approximate surface area is 102 Å². The fourth-order valence-corrected chi connectivity index (χ4v) is 2.62. The van der Waals surface area contributed by atoms with Crippen molar-refractivity contribution in [1.29, 1.82) is 0 Å². The molecule has 0 atom stereocenters. The molecule has 3 rings (SSSR count). The molecular formula is C17H16. The predicted octanol–water partition coefficient (Wildman–Crippen LogP) is 4.88. The summed E-state index contributed by atoms with van der Waals surface area (Å²) in [6.45, 7) is 2.20. The zero-order chi connectivity index (χ0) is 11.7. The lowest BCUT2D eigenvalue weighted by molar-refractivity contribution is 1.06. The Morgan fingerprint density at radius 1 is 1.00 bits per heavy atom. The first-order chi connectivity index (χ1) is 8.36. The Kier molecular flexibility index (Phi) is 2.56. The van der Waals surface area contributed by atoms with E-state index in [4.69, 9.17) is 0 Å². The minimum atomic E-state index is 1.16. The van der Waals surface area contributed by atoms with Gasteiger partial charge in [0.2, 0.25) is 0 Å². The van der Waals surface area contributed by atoms with Crippen LogP contribution in [0.4, 0.5) is 0 Å². The van der Waals surface area contributed by atoms with Gasteiger partial charge in [0, 0.05) is 0 Å². The number of hydrogen-bond donors (Lipinski definition) is 0. The molecule has 0 saturated carbocycles. The number of rotatable bonds is 1. The molecule has 0 spiro atoms. The van der Waals surface area contributed by atoms with Crippen LogP contribution in [0.1, 0.15) is 24.0 Å². The maximum atomic E-state index is 2.25. The quantitative estimate of drug-likeness (QED) is 0.642. The monoisotopic (exact) mass is 220 g/mol. The summed E-state index contributed by atoms with van der Waals surface area (Å²) in [6, 6.07) is 13.1. The summed E-state index contributed by atoms with van der Waals surface area (Å²) in [7, 11) is 0. The highest BCUT2D eigenvalue weighted by molar-refractivity contribution is 5.96. The van der Waals surface area contributed by atoms with Gasteiger partial charge < -0.3 is 0 Å². The second-order valence-electron chi connectivity index (χ2n) is 4.64. The Balaban J connectivity index is 2.29. The third-order valence-electron chi connectivity index (χ3n) is 3.47. The molecule has 2 aromatic carbocycles. The molecule has 1 aliphatic rings. The van der Waals surface area contributed by atoms with Gasteiger partial charge in [-0.1, -0.05) is 54.6 Å². The van der Waals surface area contributed by atoms with E-state index in [0.717, 1.165) is 12.8 Å². The average Bonchev–Trinajstić information content (AvgIpc) is 2.39. The number of aryl methyl sites for hydroxylation is 1. The molecule has 0 saturated heterocycles. The molecule has 0 nitrogen and oxygen atoms in total. The fraction of sp³-hybridized carbons (Fsp3) is 0.176. The van der Waals surface area contributed by atoms with E-state index in [2.05, 4.69) is 61.5 Å². The third-order valence-corrected chi connectivity index (χ3v) is 3.47. The summed E-state index contributed by atoms with van der Waals surface area (Å²) < 4.78 is 0. The van der Waals surface area contributed by atoms with Gasteiger partial charge in [0.25, 0.3) is 0 Å². The largest absolute Gasteiger partial charge is 0.0842 e. The number of fused-ring (bicyclic) bond motifs is 1. The van der Waals surface area contributed by atoms with Crippen LogP contribution in [0, 0.1) is 6.92 Å². The Morgan fingerprint density at radius 2 is 1.82 bits per heavy atom. The van der Waals surface area contributed by atoms with Crippen LogP contribution in [0.3, 0.4) is 0 Å². The Morgan fingerprint density at radius 3 is 2.59 bits per heavy atom. The summed E-state index contributed by atoms with van der Waals surface area (Å²) in [5, 5.41) is 2.76. The van der Waals surface area contributed by atoms with Gasteiger partial charge >= 0.3 is 0 Å². The third kappa shape index (κ3) is 1.80. The molecule has 0 heteroatoms. The highest BCUT2D eigenvalue weighted by Gasteiger charge is 2.08. The SMILES string of the molecule is Cc1cccc2cccc(C3=CC=CCC3)c12. The second-order valence-corrected chi connectivity index (χ2v) is 4.64. The van der Waals surface area contributed by atoms with Gasteiger partial charge in [-0.3, -0.25) is 0 Å². The summed E-state index contributed by atoms with van der Waals surface area (Å²) >= 11 is 0. The summed E-state index contributed by atoms with van der Waals surface area (Å²) in [5.74, 6) is 0. The van der Waals surface area contributed by atoms with Gasteiger partial charge in [-0.05, 0) is 47.2 Å². The van der Waals surface area contributed by atoms with Crippen molar-refractivity contribution in [3.8, 4) is 0 Å². The molecule has 0 N–H and O–H groups in total. The van der Waals surface area contributed by atoms with E-state index in [1.165, 1.54) is 27.5 Å². The van der Waals surface area contributed by atoms with E-state index in [1.54, 1.807) is 0 Å². The van der Waals surface area contributed by atoms with E-state index < -0.39 is 0 Å². The summed E-state index contributed by atoms with van der Waals surface area (Å²) in [6.07, 6.45) is 8.99. The number of hydrogen-bond acceptors (Lipinski definition) is 0. The lowest BCUT2D eigenvalue weighted by Gasteiger charge is -2.14. The molecule has 0 heterocycles. The van der Waals surface area contributed by atoms with Crippen molar-refractivity contribution in [1.82, 2.24) is 0 Å². The van der Waals surface area contributed by atoms with E-state index >= 15 is 0 Å². The molecule has 0 amide bonds. The lowest BCUT2D eigenvalue weighted by Crippen LogP contribution is -1.91. The highest BCUT2D eigenvalue weighted by Crippen LogP contribution is 2.31. The van der Waals surface area contributed by atoms with Crippen LogP contribution in [0.5, 0.6) is 0 Å². The maximum absolute atomic E-state index is 2.25. The maximum Gasteiger partial charge on any atom is -0.00794 e. The summed E-state index contributed by atoms with van der Waals surface area (Å²) in [4.78, 5) is 0. The highest BCUT2D eigenvalue weighted by atomic mass is 14.1. The van der Waals surface area contributed by atoms with Crippen molar-refractivity contribution in [3.63, 3.8) is 0 Å². The van der Waals surface area contributed by atoms with E-state index in [-0.39, 0.29) is 0 Å². The van der Waals surface area contributed by atoms with Crippen molar-refractivity contribution < 1.29 is 0 Å². The molecule has 0 aliphatic heterocycles. The van der Waals surface area contributed by atoms with Gasteiger partial charge in [0.1, 0.15) is 0 Å². The molecule has 0 bridgehead atoms. The van der Waals surface area contributed by atoms with Crippen LogP contribution in [-0.2, 0) is 0 Å². The van der Waals surface area contributed by atoms with Crippen LogP contribution in [0.15, 0.2) is 54.6 Å². The number of allylic oxidation sites excluding steroid dienone is 4. The van der Waals surface area contributed by atoms with Gasteiger partial charge in [0.15, 0.2) is 0 Å². The van der Waals surface area contributed by atoms with Crippen molar-refractivity contribution in [2.45, 2.75) is 19.8 Å². The van der Waals surface area contributed by atoms with Crippen LogP contribution >= 0.6 is 0 Å². The topological polar surface area (TPSA) is 0 Å². The zero-order valence-corrected chi connectivity index (χ0v) is 10.1. The minimum Gasteiger partial charge on any atom is -0.0842 e. The second kappa shape index (κ2) is 4.21. The molecule has 84 valence electrons. The standard InChI is InChI=1S/C17H16/c1-13-7-5-10-15-11-6-12-16(17(13)15)14-8-3-2-4-9-14/h2-3,5-8,10-12H,4,9H2,1H3. The fourth-order valence-electron chi connectivity index (χ4n) is 2.62. The van der Waals surface area contributed by atoms with Crippen LogP contribution < -0.4 is 0 Å². The van der Waals surface area contributed by atoms with Crippen LogP contribution in [0.25, 0.3) is 16.3 Å². The smallest absolute Gasteiger partial charge is 0.00794 e. The minimum absolute atomic E-state index is 1.16. The molecule has 1 aliphatic carbocycles. The van der Waals surface area contributed by atoms with Gasteiger partial charge in [-0.15, -0.1) is 0 Å². The zero-order valence-electron chi connectivity index (χ0n) is 10.1. The van der Waals surface area contributed by atoms with Gasteiger partial charge in [0.05, 0.1) is 0 Å².